The molecule has 0 spiro atoms. The van der Waals surface area contributed by atoms with Crippen LogP contribution >= 0.6 is 0 Å². The quantitative estimate of drug-likeness (QED) is 0.345. The minimum atomic E-state index is -0.116. The van der Waals surface area contributed by atoms with Crippen LogP contribution in [0.1, 0.15) is 18.2 Å². The number of nitrogens with zero attached hydrogens (tertiary/aromatic N) is 2. The number of aromatic nitrogens is 1. The molecule has 17 heavy (non-hydrogen) atoms. The fourth-order valence-corrected chi connectivity index (χ4v) is 1.38. The van der Waals surface area contributed by atoms with E-state index >= 15 is 0 Å². The molecule has 0 aliphatic rings. The van der Waals surface area contributed by atoms with Gasteiger partial charge in [-0.25, -0.2) is 4.98 Å². The van der Waals surface area contributed by atoms with Gasteiger partial charge in [-0.15, -0.1) is 0 Å². The van der Waals surface area contributed by atoms with E-state index in [2.05, 4.69) is 10.1 Å². The molecule has 6 nitrogen and oxygen atoms in total. The van der Waals surface area contributed by atoms with Gasteiger partial charge in [-0.3, -0.25) is 0 Å². The monoisotopic (exact) mass is 239 g/mol. The van der Waals surface area contributed by atoms with Crippen LogP contribution in [-0.2, 0) is 4.74 Å². The first-order valence-corrected chi connectivity index (χ1v) is 5.19. The van der Waals surface area contributed by atoms with E-state index < -0.39 is 0 Å². The summed E-state index contributed by atoms with van der Waals surface area (Å²) >= 11 is 0. The van der Waals surface area contributed by atoms with Crippen molar-refractivity contribution in [1.29, 1.82) is 0 Å². The van der Waals surface area contributed by atoms with Crippen molar-refractivity contribution in [3.63, 3.8) is 0 Å². The van der Waals surface area contributed by atoms with E-state index in [0.717, 1.165) is 5.69 Å². The first-order chi connectivity index (χ1) is 8.06. The van der Waals surface area contributed by atoms with Gasteiger partial charge < -0.3 is 20.4 Å². The molecule has 0 saturated carbocycles. The molecule has 1 rings (SSSR count). The second-order valence-corrected chi connectivity index (χ2v) is 3.70. The minimum absolute atomic E-state index is 0.0275. The maximum atomic E-state index is 8.62. The van der Waals surface area contributed by atoms with Gasteiger partial charge in [0, 0.05) is 24.4 Å². The van der Waals surface area contributed by atoms with Gasteiger partial charge in [0.15, 0.2) is 5.84 Å². The van der Waals surface area contributed by atoms with E-state index in [0.29, 0.717) is 18.1 Å². The van der Waals surface area contributed by atoms with E-state index in [9.17, 15) is 0 Å². The number of methoxy groups -OCH3 is 1. The predicted octanol–water partition coefficient (Wildman–Crippen LogP) is 0.898. The maximum Gasteiger partial charge on any atom is 0.214 e. The normalized spacial score (nSPS) is 13.5. The summed E-state index contributed by atoms with van der Waals surface area (Å²) in [6, 6.07) is 3.33. The van der Waals surface area contributed by atoms with Crippen LogP contribution in [0.5, 0.6) is 5.88 Å². The second-order valence-electron chi connectivity index (χ2n) is 3.70. The van der Waals surface area contributed by atoms with Crippen LogP contribution in [0.15, 0.2) is 17.3 Å². The van der Waals surface area contributed by atoms with Crippen LogP contribution in [0, 0.1) is 6.92 Å². The van der Waals surface area contributed by atoms with Crippen LogP contribution in [0.2, 0.25) is 0 Å². The highest BCUT2D eigenvalue weighted by Gasteiger charge is 2.08. The SMILES string of the molecule is COCC(C)Oc1cc(/C(N)=N/O)cc(C)n1. The summed E-state index contributed by atoms with van der Waals surface area (Å²) < 4.78 is 10.5. The topological polar surface area (TPSA) is 90.0 Å². The van der Waals surface area contributed by atoms with Gasteiger partial charge in [0.1, 0.15) is 6.10 Å². The van der Waals surface area contributed by atoms with Crippen molar-refractivity contribution in [2.24, 2.45) is 10.9 Å². The molecule has 6 heteroatoms. The third-order valence-corrected chi connectivity index (χ3v) is 2.06. The lowest BCUT2D eigenvalue weighted by Gasteiger charge is -2.13. The van der Waals surface area contributed by atoms with Gasteiger partial charge in [0.25, 0.3) is 0 Å². The van der Waals surface area contributed by atoms with Gasteiger partial charge >= 0.3 is 0 Å². The average Bonchev–Trinajstić information content (AvgIpc) is 2.27. The highest BCUT2D eigenvalue weighted by atomic mass is 16.5. The standard InChI is InChI=1S/C11H17N3O3/c1-7-4-9(11(12)14-15)5-10(13-7)17-8(2)6-16-3/h4-5,8,15H,6H2,1-3H3,(H2,12,14). The van der Waals surface area contributed by atoms with Gasteiger partial charge in [-0.05, 0) is 19.9 Å². The van der Waals surface area contributed by atoms with Crippen molar-refractivity contribution in [1.82, 2.24) is 4.98 Å². The highest BCUT2D eigenvalue weighted by Crippen LogP contribution is 2.14. The first-order valence-electron chi connectivity index (χ1n) is 5.19. The Morgan fingerprint density at radius 3 is 2.88 bits per heavy atom. The first kappa shape index (κ1) is 13.2. The molecule has 0 amide bonds. The molecule has 0 aliphatic carbocycles. The summed E-state index contributed by atoms with van der Waals surface area (Å²) in [7, 11) is 1.60. The minimum Gasteiger partial charge on any atom is -0.472 e. The zero-order valence-corrected chi connectivity index (χ0v) is 10.2. The third-order valence-electron chi connectivity index (χ3n) is 2.06. The fraction of sp³-hybridized carbons (Fsp3) is 0.455. The molecular formula is C11H17N3O3. The lowest BCUT2D eigenvalue weighted by atomic mass is 10.2. The Hall–Kier alpha value is -1.82. The molecule has 3 N–H and O–H groups in total. The Morgan fingerprint density at radius 2 is 2.29 bits per heavy atom. The van der Waals surface area contributed by atoms with Gasteiger partial charge in [0.05, 0.1) is 6.61 Å². The number of amidine groups is 1. The maximum absolute atomic E-state index is 8.62. The number of hydrogen-bond acceptors (Lipinski definition) is 5. The van der Waals surface area contributed by atoms with Crippen molar-refractivity contribution >= 4 is 5.84 Å². The highest BCUT2D eigenvalue weighted by molar-refractivity contribution is 5.97. The zero-order chi connectivity index (χ0) is 12.8. The number of pyridine rings is 1. The third kappa shape index (κ3) is 3.92. The molecule has 0 bridgehead atoms. The second kappa shape index (κ2) is 6.05. The van der Waals surface area contributed by atoms with E-state index in [1.54, 1.807) is 19.2 Å². The van der Waals surface area contributed by atoms with Gasteiger partial charge in [-0.2, -0.15) is 0 Å². The van der Waals surface area contributed by atoms with Crippen molar-refractivity contribution < 1.29 is 14.7 Å². The molecule has 1 aromatic heterocycles. The predicted molar refractivity (Wildman–Crippen MR) is 63.5 cm³/mol. The van der Waals surface area contributed by atoms with Crippen LogP contribution < -0.4 is 10.5 Å². The largest absolute Gasteiger partial charge is 0.472 e. The fourth-order valence-electron chi connectivity index (χ4n) is 1.38. The molecule has 1 aromatic rings. The number of ether oxygens (including phenoxy) is 2. The zero-order valence-electron chi connectivity index (χ0n) is 10.2. The number of aryl methyl sites for hydroxylation is 1. The molecule has 1 atom stereocenters. The van der Waals surface area contributed by atoms with E-state index in [-0.39, 0.29) is 11.9 Å². The van der Waals surface area contributed by atoms with Crippen LogP contribution in [0.25, 0.3) is 0 Å². The summed E-state index contributed by atoms with van der Waals surface area (Å²) in [6.07, 6.45) is -0.116. The molecule has 0 radical (unpaired) electrons. The van der Waals surface area contributed by atoms with Crippen molar-refractivity contribution in [2.75, 3.05) is 13.7 Å². The van der Waals surface area contributed by atoms with Crippen molar-refractivity contribution in [3.8, 4) is 5.88 Å². The van der Waals surface area contributed by atoms with Crippen LogP contribution in [-0.4, -0.2) is 35.8 Å². The molecule has 0 fully saturated rings. The summed E-state index contributed by atoms with van der Waals surface area (Å²) in [5, 5.41) is 11.6. The van der Waals surface area contributed by atoms with E-state index in [4.69, 9.17) is 20.4 Å². The Morgan fingerprint density at radius 1 is 1.59 bits per heavy atom. The molecule has 0 aromatic carbocycles. The molecule has 0 aliphatic heterocycles. The lowest BCUT2D eigenvalue weighted by molar-refractivity contribution is 0.0889. The molecule has 1 heterocycles. The lowest BCUT2D eigenvalue weighted by Crippen LogP contribution is -2.20. The van der Waals surface area contributed by atoms with E-state index in [1.165, 1.54) is 0 Å². The number of hydrogen-bond donors (Lipinski definition) is 2. The number of rotatable bonds is 5. The Balaban J connectivity index is 2.90. The Labute approximate surface area is 100 Å². The van der Waals surface area contributed by atoms with Gasteiger partial charge in [0.2, 0.25) is 5.88 Å². The molecule has 0 saturated heterocycles. The number of nitrogens with two attached hydrogens (primary N) is 1. The Kier molecular flexibility index (Phi) is 4.71. The summed E-state index contributed by atoms with van der Waals surface area (Å²) in [6.45, 7) is 4.15. The summed E-state index contributed by atoms with van der Waals surface area (Å²) in [4.78, 5) is 4.20. The number of oxime groups is 1. The summed E-state index contributed by atoms with van der Waals surface area (Å²) in [5.74, 6) is 0.455. The van der Waals surface area contributed by atoms with Crippen molar-refractivity contribution in [3.05, 3.63) is 23.4 Å². The average molecular weight is 239 g/mol. The van der Waals surface area contributed by atoms with Crippen LogP contribution in [0.4, 0.5) is 0 Å². The van der Waals surface area contributed by atoms with Gasteiger partial charge in [-0.1, -0.05) is 5.16 Å². The van der Waals surface area contributed by atoms with Crippen molar-refractivity contribution in [2.45, 2.75) is 20.0 Å². The molecular weight excluding hydrogens is 222 g/mol. The molecule has 1 unspecified atom stereocenters. The summed E-state index contributed by atoms with van der Waals surface area (Å²) in [5.41, 5.74) is 6.81. The smallest absolute Gasteiger partial charge is 0.214 e. The van der Waals surface area contributed by atoms with E-state index in [1.807, 2.05) is 13.8 Å². The Bertz CT molecular complexity index is 407. The molecule has 94 valence electrons. The van der Waals surface area contributed by atoms with Crippen LogP contribution in [0.3, 0.4) is 0 Å².